The number of benzene rings is 2. The number of carbonyl (C=O) groups is 1. The van der Waals surface area contributed by atoms with Gasteiger partial charge in [-0.15, -0.1) is 0 Å². The highest BCUT2D eigenvalue weighted by Crippen LogP contribution is 2.17. The van der Waals surface area contributed by atoms with Crippen molar-refractivity contribution in [1.29, 1.82) is 0 Å². The minimum Gasteiger partial charge on any atom is -0.349 e. The van der Waals surface area contributed by atoms with Gasteiger partial charge in [0, 0.05) is 19.8 Å². The molecule has 0 bridgehead atoms. The topological polar surface area (TPSA) is 66.5 Å². The highest BCUT2D eigenvalue weighted by atomic mass is 32.2. The third kappa shape index (κ3) is 4.56. The first-order valence-electron chi connectivity index (χ1n) is 7.16. The second-order valence-corrected chi connectivity index (χ2v) is 7.26. The maximum absolute atomic E-state index is 12.3. The van der Waals surface area contributed by atoms with E-state index in [9.17, 15) is 13.2 Å². The van der Waals surface area contributed by atoms with Gasteiger partial charge in [0.15, 0.2) is 0 Å². The minimum atomic E-state index is -3.60. The maximum Gasteiger partial charge on any atom is 0.261 e. The summed E-state index contributed by atoms with van der Waals surface area (Å²) in [6, 6.07) is 13.5. The molecule has 0 aliphatic heterocycles. The molecule has 0 atom stereocenters. The average Bonchev–Trinajstić information content (AvgIpc) is 2.49. The van der Waals surface area contributed by atoms with Crippen molar-refractivity contribution in [2.75, 3.05) is 18.8 Å². The summed E-state index contributed by atoms with van der Waals surface area (Å²) in [5.41, 5.74) is 2.30. The molecule has 0 unspecified atom stereocenters. The monoisotopic (exact) mass is 332 g/mol. The maximum atomic E-state index is 12.3. The molecule has 2 rings (SSSR count). The summed E-state index contributed by atoms with van der Waals surface area (Å²) < 4.78 is 27.1. The summed E-state index contributed by atoms with van der Waals surface area (Å²) in [6.45, 7) is 1.90. The minimum absolute atomic E-state index is 0.00186. The number of nitrogens with one attached hydrogen (secondary N) is 1. The van der Waals surface area contributed by atoms with Gasteiger partial charge >= 0.3 is 0 Å². The summed E-state index contributed by atoms with van der Waals surface area (Å²) >= 11 is 0. The van der Waals surface area contributed by atoms with Crippen LogP contribution in [0.4, 0.5) is 5.69 Å². The van der Waals surface area contributed by atoms with Gasteiger partial charge in [0.25, 0.3) is 10.0 Å². The highest BCUT2D eigenvalue weighted by molar-refractivity contribution is 7.92. The molecular weight excluding hydrogens is 312 g/mol. The third-order valence-corrected chi connectivity index (χ3v) is 4.79. The summed E-state index contributed by atoms with van der Waals surface area (Å²) in [4.78, 5) is 13.4. The van der Waals surface area contributed by atoms with Crippen LogP contribution in [0.2, 0.25) is 0 Å². The fourth-order valence-electron chi connectivity index (χ4n) is 1.95. The van der Waals surface area contributed by atoms with Crippen molar-refractivity contribution in [3.63, 3.8) is 0 Å². The van der Waals surface area contributed by atoms with E-state index in [0.29, 0.717) is 5.69 Å². The van der Waals surface area contributed by atoms with E-state index in [2.05, 4.69) is 4.72 Å². The van der Waals surface area contributed by atoms with Crippen molar-refractivity contribution in [3.8, 4) is 0 Å². The predicted octanol–water partition coefficient (Wildman–Crippen LogP) is 2.43. The van der Waals surface area contributed by atoms with Crippen LogP contribution in [0.15, 0.2) is 53.4 Å². The molecule has 2 aromatic rings. The highest BCUT2D eigenvalue weighted by Gasteiger charge is 2.14. The Hall–Kier alpha value is -2.34. The van der Waals surface area contributed by atoms with E-state index in [1.165, 1.54) is 4.90 Å². The van der Waals surface area contributed by atoms with Crippen molar-refractivity contribution in [2.24, 2.45) is 0 Å². The molecule has 0 saturated heterocycles. The summed E-state index contributed by atoms with van der Waals surface area (Å²) in [7, 11) is -0.203. The Morgan fingerprint density at radius 2 is 1.57 bits per heavy atom. The van der Waals surface area contributed by atoms with Gasteiger partial charge in [0.2, 0.25) is 5.91 Å². The third-order valence-electron chi connectivity index (χ3n) is 3.39. The number of nitrogens with zero attached hydrogens (tertiary/aromatic N) is 1. The molecule has 23 heavy (non-hydrogen) atoms. The van der Waals surface area contributed by atoms with E-state index in [0.717, 1.165) is 11.1 Å². The predicted molar refractivity (Wildman–Crippen MR) is 90.8 cm³/mol. The number of rotatable bonds is 5. The fraction of sp³-hybridized carbons (Fsp3) is 0.235. The first-order valence-corrected chi connectivity index (χ1v) is 8.65. The van der Waals surface area contributed by atoms with Gasteiger partial charge in [-0.2, -0.15) is 0 Å². The SMILES string of the molecule is Cc1ccc(S(=O)(=O)Nc2ccc(CC(=O)N(C)C)cc2)cc1. The second kappa shape index (κ2) is 6.83. The van der Waals surface area contributed by atoms with E-state index < -0.39 is 10.0 Å². The van der Waals surface area contributed by atoms with Crippen molar-refractivity contribution in [2.45, 2.75) is 18.2 Å². The zero-order valence-electron chi connectivity index (χ0n) is 13.4. The Balaban J connectivity index is 2.11. The van der Waals surface area contributed by atoms with Crippen LogP contribution in [0.5, 0.6) is 0 Å². The molecule has 0 radical (unpaired) electrons. The molecule has 5 nitrogen and oxygen atoms in total. The van der Waals surface area contributed by atoms with Crippen LogP contribution in [0.1, 0.15) is 11.1 Å². The first-order chi connectivity index (χ1) is 10.8. The number of likely N-dealkylation sites (N-methyl/N-ethyl adjacent to an activating group) is 1. The van der Waals surface area contributed by atoms with Gasteiger partial charge in [0.05, 0.1) is 11.3 Å². The Labute approximate surface area is 137 Å². The van der Waals surface area contributed by atoms with Gasteiger partial charge in [0.1, 0.15) is 0 Å². The van der Waals surface area contributed by atoms with Crippen molar-refractivity contribution >= 4 is 21.6 Å². The van der Waals surface area contributed by atoms with Crippen LogP contribution in [0, 0.1) is 6.92 Å². The van der Waals surface area contributed by atoms with Gasteiger partial charge in [-0.25, -0.2) is 8.42 Å². The lowest BCUT2D eigenvalue weighted by atomic mass is 10.1. The van der Waals surface area contributed by atoms with E-state index >= 15 is 0 Å². The van der Waals surface area contributed by atoms with Gasteiger partial charge in [-0.1, -0.05) is 29.8 Å². The van der Waals surface area contributed by atoms with E-state index in [1.54, 1.807) is 62.6 Å². The Bertz CT molecular complexity index is 780. The van der Waals surface area contributed by atoms with Gasteiger partial charge < -0.3 is 4.90 Å². The van der Waals surface area contributed by atoms with E-state index in [4.69, 9.17) is 0 Å². The van der Waals surface area contributed by atoms with Crippen LogP contribution in [0.3, 0.4) is 0 Å². The number of anilines is 1. The molecule has 0 heterocycles. The molecule has 0 saturated carbocycles. The molecule has 1 amide bonds. The molecule has 0 aliphatic rings. The van der Waals surface area contributed by atoms with Crippen LogP contribution in [0.25, 0.3) is 0 Å². The zero-order chi connectivity index (χ0) is 17.0. The summed E-state index contributed by atoms with van der Waals surface area (Å²) in [6.07, 6.45) is 0.290. The molecule has 0 aromatic heterocycles. The van der Waals surface area contributed by atoms with Crippen LogP contribution < -0.4 is 4.72 Å². The number of carbonyl (C=O) groups excluding carboxylic acids is 1. The molecule has 2 aromatic carbocycles. The normalized spacial score (nSPS) is 11.1. The molecule has 122 valence electrons. The van der Waals surface area contributed by atoms with Gasteiger partial charge in [-0.05, 0) is 36.8 Å². The Morgan fingerprint density at radius 3 is 2.09 bits per heavy atom. The second-order valence-electron chi connectivity index (χ2n) is 5.58. The number of hydrogen-bond acceptors (Lipinski definition) is 3. The lowest BCUT2D eigenvalue weighted by Gasteiger charge is -2.11. The van der Waals surface area contributed by atoms with Crippen molar-refractivity contribution in [1.82, 2.24) is 4.90 Å². The largest absolute Gasteiger partial charge is 0.349 e. The number of sulfonamides is 1. The quantitative estimate of drug-likeness (QED) is 0.914. The number of aryl methyl sites for hydroxylation is 1. The lowest BCUT2D eigenvalue weighted by Crippen LogP contribution is -2.23. The van der Waals surface area contributed by atoms with E-state index in [1.807, 2.05) is 6.92 Å². The Kier molecular flexibility index (Phi) is 5.05. The number of hydrogen-bond donors (Lipinski definition) is 1. The van der Waals surface area contributed by atoms with E-state index in [-0.39, 0.29) is 17.2 Å². The first kappa shape index (κ1) is 17.0. The molecular formula is C17H20N2O3S. The fourth-order valence-corrected chi connectivity index (χ4v) is 3.01. The van der Waals surface area contributed by atoms with Crippen LogP contribution >= 0.6 is 0 Å². The molecule has 0 fully saturated rings. The van der Waals surface area contributed by atoms with Crippen molar-refractivity contribution < 1.29 is 13.2 Å². The van der Waals surface area contributed by atoms with Gasteiger partial charge in [-0.3, -0.25) is 9.52 Å². The van der Waals surface area contributed by atoms with Crippen LogP contribution in [-0.4, -0.2) is 33.3 Å². The molecule has 0 aliphatic carbocycles. The zero-order valence-corrected chi connectivity index (χ0v) is 14.2. The average molecular weight is 332 g/mol. The smallest absolute Gasteiger partial charge is 0.261 e. The molecule has 1 N–H and O–H groups in total. The summed E-state index contributed by atoms with van der Waals surface area (Å²) in [5.74, 6) is -0.00186. The molecule has 0 spiro atoms. The standard InChI is InChI=1S/C17H20N2O3S/c1-13-4-10-16(11-5-13)23(21,22)18-15-8-6-14(7-9-15)12-17(20)19(2)3/h4-11,18H,12H2,1-3H3. The summed E-state index contributed by atoms with van der Waals surface area (Å²) in [5, 5.41) is 0. The lowest BCUT2D eigenvalue weighted by molar-refractivity contribution is -0.127. The number of amides is 1. The Morgan fingerprint density at radius 1 is 1.00 bits per heavy atom. The molecule has 6 heteroatoms. The van der Waals surface area contributed by atoms with Crippen LogP contribution in [-0.2, 0) is 21.2 Å². The van der Waals surface area contributed by atoms with Crippen molar-refractivity contribution in [3.05, 3.63) is 59.7 Å².